The van der Waals surface area contributed by atoms with Gasteiger partial charge < -0.3 is 24.5 Å². The number of aliphatic hydroxyl groups excluding tert-OH is 1. The van der Waals surface area contributed by atoms with Crippen LogP contribution < -0.4 is 5.32 Å². The molecule has 2 aromatic rings. The van der Waals surface area contributed by atoms with Crippen LogP contribution in [0.4, 0.5) is 5.82 Å². The van der Waals surface area contributed by atoms with E-state index in [1.807, 2.05) is 31.5 Å². The molecule has 1 amide bonds. The van der Waals surface area contributed by atoms with Gasteiger partial charge in [-0.3, -0.25) is 4.79 Å². The van der Waals surface area contributed by atoms with Crippen molar-refractivity contribution in [1.82, 2.24) is 14.5 Å². The second kappa shape index (κ2) is 8.24. The van der Waals surface area contributed by atoms with Crippen LogP contribution in [-0.4, -0.2) is 51.5 Å². The van der Waals surface area contributed by atoms with E-state index in [1.165, 1.54) is 6.33 Å². The predicted octanol–water partition coefficient (Wildman–Crippen LogP) is 3.44. The largest absolute Gasteiger partial charge is 0.390 e. The minimum absolute atomic E-state index is 0.0282. The number of aliphatic hydroxyl groups is 1. The zero-order chi connectivity index (χ0) is 22.3. The van der Waals surface area contributed by atoms with Gasteiger partial charge >= 0.3 is 0 Å². The molecule has 1 fully saturated rings. The summed E-state index contributed by atoms with van der Waals surface area (Å²) in [6.07, 6.45) is 3.23. The number of aromatic nitrogens is 3. The van der Waals surface area contributed by atoms with Gasteiger partial charge in [-0.1, -0.05) is 34.6 Å². The Morgan fingerprint density at radius 2 is 2.03 bits per heavy atom. The molecule has 1 unspecified atom stereocenters. The Kier molecular flexibility index (Phi) is 6.23. The lowest BCUT2D eigenvalue weighted by Gasteiger charge is -2.31. The fourth-order valence-electron chi connectivity index (χ4n) is 4.47. The van der Waals surface area contributed by atoms with Crippen molar-refractivity contribution in [1.29, 1.82) is 0 Å². The summed E-state index contributed by atoms with van der Waals surface area (Å²) in [6, 6.07) is 0. The first kappa shape index (κ1) is 22.7. The van der Waals surface area contributed by atoms with E-state index in [1.54, 1.807) is 7.11 Å². The van der Waals surface area contributed by atoms with Crippen molar-refractivity contribution in [3.63, 3.8) is 0 Å². The number of amides is 1. The van der Waals surface area contributed by atoms with Crippen LogP contribution in [-0.2, 0) is 14.3 Å². The molecule has 1 aliphatic rings. The highest BCUT2D eigenvalue weighted by atomic mass is 16.6. The molecular formula is C22H34N4O4. The average Bonchev–Trinajstić information content (AvgIpc) is 3.14. The molecule has 3 heterocycles. The van der Waals surface area contributed by atoms with Crippen LogP contribution in [0.2, 0.25) is 0 Å². The van der Waals surface area contributed by atoms with E-state index in [0.29, 0.717) is 24.5 Å². The van der Waals surface area contributed by atoms with Gasteiger partial charge in [-0.2, -0.15) is 0 Å². The minimum atomic E-state index is -0.605. The van der Waals surface area contributed by atoms with Crippen LogP contribution in [0.15, 0.2) is 12.5 Å². The molecule has 0 saturated carbocycles. The summed E-state index contributed by atoms with van der Waals surface area (Å²) >= 11 is 0. The number of nitrogens with zero attached hydrogens (tertiary/aromatic N) is 3. The molecule has 2 N–H and O–H groups in total. The summed E-state index contributed by atoms with van der Waals surface area (Å²) in [5, 5.41) is 14.1. The minimum Gasteiger partial charge on any atom is -0.390 e. The van der Waals surface area contributed by atoms with Crippen molar-refractivity contribution in [2.45, 2.75) is 72.8 Å². The van der Waals surface area contributed by atoms with Gasteiger partial charge in [-0.25, -0.2) is 9.97 Å². The molecule has 0 bridgehead atoms. The molecule has 0 aromatic carbocycles. The Morgan fingerprint density at radius 1 is 1.33 bits per heavy atom. The van der Waals surface area contributed by atoms with Gasteiger partial charge in [-0.15, -0.1) is 0 Å². The number of methoxy groups -OCH3 is 1. The number of carbonyl (C=O) groups is 1. The summed E-state index contributed by atoms with van der Waals surface area (Å²) in [6.45, 7) is 12.6. The molecule has 166 valence electrons. The van der Waals surface area contributed by atoms with Crippen LogP contribution in [0.3, 0.4) is 0 Å². The van der Waals surface area contributed by atoms with E-state index < -0.39 is 11.5 Å². The molecule has 0 spiro atoms. The Balaban J connectivity index is 1.89. The van der Waals surface area contributed by atoms with Gasteiger partial charge in [-0.05, 0) is 24.3 Å². The fourth-order valence-corrected chi connectivity index (χ4v) is 4.47. The van der Waals surface area contributed by atoms with E-state index in [9.17, 15) is 9.90 Å². The van der Waals surface area contributed by atoms with Crippen LogP contribution in [0, 0.1) is 17.8 Å². The molecule has 8 heteroatoms. The van der Waals surface area contributed by atoms with Gasteiger partial charge in [0.15, 0.2) is 0 Å². The maximum Gasteiger partial charge on any atom is 0.231 e. The number of hydrogen-bond acceptors (Lipinski definition) is 6. The van der Waals surface area contributed by atoms with Gasteiger partial charge in [0.1, 0.15) is 30.1 Å². The SMILES string of the molecule is COC[C@H]1O[C@@H](n2cc(C)c3c(NC(=O)C(C)(C)CC(C)(C)C)ncnc32)CC1O. The highest BCUT2D eigenvalue weighted by Crippen LogP contribution is 2.37. The average molecular weight is 419 g/mol. The van der Waals surface area contributed by atoms with Crippen LogP contribution >= 0.6 is 0 Å². The Morgan fingerprint density at radius 3 is 2.67 bits per heavy atom. The number of anilines is 1. The van der Waals surface area contributed by atoms with E-state index in [-0.39, 0.29) is 23.7 Å². The number of rotatable bonds is 6. The number of ether oxygens (including phenoxy) is 2. The Bertz CT molecular complexity index is 916. The third-order valence-electron chi connectivity index (χ3n) is 5.46. The van der Waals surface area contributed by atoms with Gasteiger partial charge in [0.25, 0.3) is 0 Å². The molecule has 3 atom stereocenters. The molecule has 0 radical (unpaired) electrons. The normalized spacial score (nSPS) is 22.6. The molecule has 30 heavy (non-hydrogen) atoms. The lowest BCUT2D eigenvalue weighted by molar-refractivity contribution is -0.125. The van der Waals surface area contributed by atoms with E-state index >= 15 is 0 Å². The van der Waals surface area contributed by atoms with Crippen LogP contribution in [0.5, 0.6) is 0 Å². The van der Waals surface area contributed by atoms with Gasteiger partial charge in [0.2, 0.25) is 5.91 Å². The molecular weight excluding hydrogens is 384 g/mol. The zero-order valence-corrected chi connectivity index (χ0v) is 19.0. The summed E-state index contributed by atoms with van der Waals surface area (Å²) in [4.78, 5) is 21.8. The number of hydrogen-bond donors (Lipinski definition) is 2. The van der Waals surface area contributed by atoms with Crippen molar-refractivity contribution < 1.29 is 19.4 Å². The second-order valence-corrected chi connectivity index (χ2v) is 10.1. The summed E-state index contributed by atoms with van der Waals surface area (Å²) in [5.74, 6) is 0.424. The van der Waals surface area contributed by atoms with Crippen molar-refractivity contribution in [3.8, 4) is 0 Å². The van der Waals surface area contributed by atoms with Crippen molar-refractivity contribution in [3.05, 3.63) is 18.1 Å². The van der Waals surface area contributed by atoms with E-state index in [4.69, 9.17) is 9.47 Å². The molecule has 2 aromatic heterocycles. The lowest BCUT2D eigenvalue weighted by Crippen LogP contribution is -2.34. The van der Waals surface area contributed by atoms with Gasteiger partial charge in [0.05, 0.1) is 18.1 Å². The predicted molar refractivity (Wildman–Crippen MR) is 115 cm³/mol. The molecule has 8 nitrogen and oxygen atoms in total. The number of aryl methyl sites for hydroxylation is 1. The van der Waals surface area contributed by atoms with Crippen LogP contribution in [0.25, 0.3) is 11.0 Å². The number of fused-ring (bicyclic) bond motifs is 1. The first-order valence-electron chi connectivity index (χ1n) is 10.4. The smallest absolute Gasteiger partial charge is 0.231 e. The van der Waals surface area contributed by atoms with Crippen molar-refractivity contribution in [2.24, 2.45) is 10.8 Å². The third kappa shape index (κ3) is 4.66. The van der Waals surface area contributed by atoms with Crippen molar-refractivity contribution in [2.75, 3.05) is 19.0 Å². The van der Waals surface area contributed by atoms with E-state index in [2.05, 4.69) is 36.1 Å². The maximum atomic E-state index is 13.0. The topological polar surface area (TPSA) is 98.5 Å². The summed E-state index contributed by atoms with van der Waals surface area (Å²) in [7, 11) is 1.59. The van der Waals surface area contributed by atoms with Crippen molar-refractivity contribution >= 4 is 22.8 Å². The maximum absolute atomic E-state index is 13.0. The Hall–Kier alpha value is -2.03. The fraction of sp³-hybridized carbons (Fsp3) is 0.682. The first-order valence-corrected chi connectivity index (χ1v) is 10.4. The monoisotopic (exact) mass is 418 g/mol. The third-order valence-corrected chi connectivity index (χ3v) is 5.46. The zero-order valence-electron chi connectivity index (χ0n) is 19.0. The first-order chi connectivity index (χ1) is 13.9. The Labute approximate surface area is 178 Å². The molecule has 3 rings (SSSR count). The second-order valence-electron chi connectivity index (χ2n) is 10.1. The summed E-state index contributed by atoms with van der Waals surface area (Å²) < 4.78 is 13.0. The number of carbonyl (C=O) groups excluding carboxylic acids is 1. The summed E-state index contributed by atoms with van der Waals surface area (Å²) in [5.41, 5.74) is 1.09. The standard InChI is InChI=1S/C22H34N4O4/c1-13-9-26(16-8-14(27)15(30-16)10-29-7)19-17(13)18(23-12-24-19)25-20(28)22(5,6)11-21(2,3)4/h9,12,14-16,27H,8,10-11H2,1-7H3,(H,23,24,25,28)/t14?,15-,16-/m1/s1. The highest BCUT2D eigenvalue weighted by Gasteiger charge is 2.36. The lowest BCUT2D eigenvalue weighted by atomic mass is 9.76. The quantitative estimate of drug-likeness (QED) is 0.746. The van der Waals surface area contributed by atoms with Gasteiger partial charge in [0, 0.05) is 25.1 Å². The van der Waals surface area contributed by atoms with Crippen LogP contribution in [0.1, 0.15) is 59.3 Å². The molecule has 1 aliphatic heterocycles. The highest BCUT2D eigenvalue weighted by molar-refractivity contribution is 6.02. The number of nitrogens with one attached hydrogen (secondary N) is 1. The molecule has 0 aliphatic carbocycles. The van der Waals surface area contributed by atoms with E-state index in [0.717, 1.165) is 17.4 Å². The molecule has 1 saturated heterocycles.